The molecule has 2 amide bonds. The van der Waals surface area contributed by atoms with Crippen LogP contribution in [0.2, 0.25) is 0 Å². The second-order valence-corrected chi connectivity index (χ2v) is 7.38. The summed E-state index contributed by atoms with van der Waals surface area (Å²) in [5.74, 6) is -0.529. The van der Waals surface area contributed by atoms with Gasteiger partial charge >= 0.3 is 0 Å². The summed E-state index contributed by atoms with van der Waals surface area (Å²) in [6.07, 6.45) is 3.16. The van der Waals surface area contributed by atoms with E-state index in [9.17, 15) is 14.0 Å². The van der Waals surface area contributed by atoms with Crippen LogP contribution < -0.4 is 16.4 Å². The first kappa shape index (κ1) is 19.6. The third-order valence-corrected chi connectivity index (χ3v) is 5.24. The number of carbonyl (C=O) groups is 2. The fourth-order valence-electron chi connectivity index (χ4n) is 3.60. The first-order valence-corrected chi connectivity index (χ1v) is 9.71. The van der Waals surface area contributed by atoms with Gasteiger partial charge in [0, 0.05) is 11.9 Å². The number of pyridine rings is 1. The molecule has 0 saturated carbocycles. The number of fused-ring (bicyclic) bond motifs is 1. The summed E-state index contributed by atoms with van der Waals surface area (Å²) in [5, 5.41) is 5.67. The Kier molecular flexibility index (Phi) is 5.22. The number of hydrogen-bond donors (Lipinski definition) is 4. The lowest BCUT2D eigenvalue weighted by molar-refractivity contribution is -0.123. The van der Waals surface area contributed by atoms with Crippen LogP contribution in [0.3, 0.4) is 0 Å². The molecular formula is C22H22FN5O2. The average Bonchev–Trinajstić information content (AvgIpc) is 3.36. The smallest absolute Gasteiger partial charge is 0.268 e. The highest BCUT2D eigenvalue weighted by molar-refractivity contribution is 5.97. The summed E-state index contributed by atoms with van der Waals surface area (Å²) in [7, 11) is 0. The van der Waals surface area contributed by atoms with E-state index in [4.69, 9.17) is 5.73 Å². The van der Waals surface area contributed by atoms with Crippen molar-refractivity contribution in [1.82, 2.24) is 20.6 Å². The van der Waals surface area contributed by atoms with Crippen molar-refractivity contribution in [2.24, 2.45) is 0 Å². The number of nitrogens with zero attached hydrogens (tertiary/aromatic N) is 1. The maximum atomic E-state index is 13.1. The SMILES string of the molecule is CC(NC(=O)c1cc(-c2ccc(F)cc2)c[nH]1)C(=O)NC1CCc2nc(N)ccc21. The fourth-order valence-corrected chi connectivity index (χ4v) is 3.60. The van der Waals surface area contributed by atoms with Crippen LogP contribution in [0.5, 0.6) is 0 Å². The zero-order chi connectivity index (χ0) is 21.3. The quantitative estimate of drug-likeness (QED) is 0.521. The number of H-pyrrole nitrogens is 1. The Bertz CT molecular complexity index is 1090. The van der Waals surface area contributed by atoms with E-state index >= 15 is 0 Å². The molecule has 2 unspecified atom stereocenters. The summed E-state index contributed by atoms with van der Waals surface area (Å²) < 4.78 is 13.1. The number of aromatic nitrogens is 2. The average molecular weight is 407 g/mol. The first-order chi connectivity index (χ1) is 14.4. The lowest BCUT2D eigenvalue weighted by Crippen LogP contribution is -2.45. The molecule has 1 aliphatic carbocycles. The molecule has 1 aromatic carbocycles. The highest BCUT2D eigenvalue weighted by Crippen LogP contribution is 2.30. The van der Waals surface area contributed by atoms with Gasteiger partial charge in [-0.25, -0.2) is 9.37 Å². The molecule has 2 aromatic heterocycles. The maximum Gasteiger partial charge on any atom is 0.268 e. The Morgan fingerprint density at radius 2 is 1.97 bits per heavy atom. The van der Waals surface area contributed by atoms with Crippen molar-refractivity contribution in [3.05, 3.63) is 71.4 Å². The molecule has 0 fully saturated rings. The zero-order valence-electron chi connectivity index (χ0n) is 16.4. The van der Waals surface area contributed by atoms with Gasteiger partial charge in [-0.1, -0.05) is 18.2 Å². The molecular weight excluding hydrogens is 385 g/mol. The minimum absolute atomic E-state index is 0.143. The van der Waals surface area contributed by atoms with Crippen LogP contribution in [0.25, 0.3) is 11.1 Å². The van der Waals surface area contributed by atoms with Crippen molar-refractivity contribution in [2.45, 2.75) is 31.8 Å². The molecule has 2 atom stereocenters. The van der Waals surface area contributed by atoms with Crippen LogP contribution >= 0.6 is 0 Å². The maximum absolute atomic E-state index is 13.1. The molecule has 0 spiro atoms. The van der Waals surface area contributed by atoms with Crippen molar-refractivity contribution in [3.8, 4) is 11.1 Å². The molecule has 0 saturated heterocycles. The van der Waals surface area contributed by atoms with E-state index in [1.54, 1.807) is 37.4 Å². The number of benzene rings is 1. The van der Waals surface area contributed by atoms with Gasteiger partial charge in [-0.3, -0.25) is 9.59 Å². The minimum atomic E-state index is -0.721. The molecule has 1 aliphatic rings. The predicted molar refractivity (Wildman–Crippen MR) is 111 cm³/mol. The van der Waals surface area contributed by atoms with Crippen molar-refractivity contribution >= 4 is 17.6 Å². The topological polar surface area (TPSA) is 113 Å². The van der Waals surface area contributed by atoms with Crippen LogP contribution in [-0.2, 0) is 11.2 Å². The van der Waals surface area contributed by atoms with Crippen LogP contribution in [0.1, 0.15) is 41.1 Å². The lowest BCUT2D eigenvalue weighted by atomic mass is 10.1. The highest BCUT2D eigenvalue weighted by Gasteiger charge is 2.27. The molecule has 7 nitrogen and oxygen atoms in total. The summed E-state index contributed by atoms with van der Waals surface area (Å²) in [5.41, 5.74) is 9.44. The summed E-state index contributed by atoms with van der Waals surface area (Å²) >= 11 is 0. The number of halogens is 1. The van der Waals surface area contributed by atoms with Gasteiger partial charge in [-0.15, -0.1) is 0 Å². The van der Waals surface area contributed by atoms with Crippen molar-refractivity contribution in [1.29, 1.82) is 0 Å². The number of amides is 2. The molecule has 8 heteroatoms. The third-order valence-electron chi connectivity index (χ3n) is 5.24. The Balaban J connectivity index is 1.37. The monoisotopic (exact) mass is 407 g/mol. The van der Waals surface area contributed by atoms with Gasteiger partial charge in [0.25, 0.3) is 5.91 Å². The molecule has 0 bridgehead atoms. The second-order valence-electron chi connectivity index (χ2n) is 7.38. The van der Waals surface area contributed by atoms with Gasteiger partial charge in [0.05, 0.1) is 6.04 Å². The molecule has 0 aliphatic heterocycles. The summed E-state index contributed by atoms with van der Waals surface area (Å²) in [4.78, 5) is 32.3. The van der Waals surface area contributed by atoms with Crippen molar-refractivity contribution in [2.75, 3.05) is 5.73 Å². The normalized spacial score (nSPS) is 16.0. The Hall–Kier alpha value is -3.68. The van der Waals surface area contributed by atoms with Gasteiger partial charge in [0.1, 0.15) is 23.4 Å². The Morgan fingerprint density at radius 3 is 2.73 bits per heavy atom. The van der Waals surface area contributed by atoms with E-state index in [1.807, 2.05) is 6.07 Å². The van der Waals surface area contributed by atoms with E-state index in [2.05, 4.69) is 20.6 Å². The van der Waals surface area contributed by atoms with E-state index in [-0.39, 0.29) is 17.8 Å². The second kappa shape index (κ2) is 7.98. The van der Waals surface area contributed by atoms with Gasteiger partial charge in [-0.2, -0.15) is 0 Å². The third kappa shape index (κ3) is 4.03. The Morgan fingerprint density at radius 1 is 1.20 bits per heavy atom. The molecule has 2 heterocycles. The lowest BCUT2D eigenvalue weighted by Gasteiger charge is -2.18. The summed E-state index contributed by atoms with van der Waals surface area (Å²) in [6.45, 7) is 1.63. The number of nitrogen functional groups attached to an aromatic ring is 1. The van der Waals surface area contributed by atoms with E-state index in [1.165, 1.54) is 12.1 Å². The van der Waals surface area contributed by atoms with Gasteiger partial charge in [-0.05, 0) is 60.7 Å². The predicted octanol–water partition coefficient (Wildman–Crippen LogP) is 2.72. The number of carbonyl (C=O) groups excluding carboxylic acids is 2. The van der Waals surface area contributed by atoms with Crippen molar-refractivity contribution in [3.63, 3.8) is 0 Å². The van der Waals surface area contributed by atoms with Gasteiger partial charge < -0.3 is 21.4 Å². The zero-order valence-corrected chi connectivity index (χ0v) is 16.4. The first-order valence-electron chi connectivity index (χ1n) is 9.71. The summed E-state index contributed by atoms with van der Waals surface area (Å²) in [6, 6.07) is 10.4. The molecule has 5 N–H and O–H groups in total. The molecule has 3 aromatic rings. The number of hydrogen-bond acceptors (Lipinski definition) is 4. The van der Waals surface area contributed by atoms with Gasteiger partial charge in [0.15, 0.2) is 0 Å². The van der Waals surface area contributed by atoms with Crippen molar-refractivity contribution < 1.29 is 14.0 Å². The minimum Gasteiger partial charge on any atom is -0.384 e. The number of nitrogens with two attached hydrogens (primary N) is 1. The van der Waals surface area contributed by atoms with Crippen LogP contribution in [-0.4, -0.2) is 27.8 Å². The van der Waals surface area contributed by atoms with Crippen LogP contribution in [0.4, 0.5) is 10.2 Å². The van der Waals surface area contributed by atoms with Crippen LogP contribution in [0, 0.1) is 5.82 Å². The fraction of sp³-hybridized carbons (Fsp3) is 0.227. The van der Waals surface area contributed by atoms with Gasteiger partial charge in [0.2, 0.25) is 5.91 Å². The number of aryl methyl sites for hydroxylation is 1. The van der Waals surface area contributed by atoms with E-state index in [0.29, 0.717) is 11.5 Å². The number of aromatic amines is 1. The number of rotatable bonds is 5. The highest BCUT2D eigenvalue weighted by atomic mass is 19.1. The largest absolute Gasteiger partial charge is 0.384 e. The number of anilines is 1. The molecule has 4 rings (SSSR count). The molecule has 30 heavy (non-hydrogen) atoms. The standard InChI is InChI=1S/C22H22FN5O2/c1-12(21(29)28-18-8-7-17-16(18)6-9-20(24)27-17)26-22(30)19-10-14(11-25-19)13-2-4-15(23)5-3-13/h2-6,9-12,18,25H,7-8H2,1H3,(H2,24,27)(H,26,30)(H,28,29). The van der Waals surface area contributed by atoms with Crippen LogP contribution in [0.15, 0.2) is 48.7 Å². The molecule has 0 radical (unpaired) electrons. The van der Waals surface area contributed by atoms with E-state index in [0.717, 1.165) is 35.2 Å². The molecule has 154 valence electrons. The van der Waals surface area contributed by atoms with E-state index < -0.39 is 11.9 Å². The number of nitrogens with one attached hydrogen (secondary N) is 3. The Labute approximate surface area is 172 Å².